The van der Waals surface area contributed by atoms with E-state index in [-0.39, 0.29) is 24.7 Å². The maximum absolute atomic E-state index is 12.8. The first-order valence-corrected chi connectivity index (χ1v) is 8.49. The highest BCUT2D eigenvalue weighted by atomic mass is 16.6. The molecule has 1 fully saturated rings. The van der Waals surface area contributed by atoms with Gasteiger partial charge >= 0.3 is 11.7 Å². The van der Waals surface area contributed by atoms with Crippen molar-refractivity contribution in [2.24, 2.45) is 5.92 Å². The van der Waals surface area contributed by atoms with Crippen LogP contribution >= 0.6 is 0 Å². The molecule has 0 aromatic carbocycles. The van der Waals surface area contributed by atoms with Gasteiger partial charge in [0, 0.05) is 20.1 Å². The smallest absolute Gasteiger partial charge is 0.308 e. The number of piperidine rings is 1. The molecule has 1 N–H and O–H groups in total. The molecule has 0 radical (unpaired) electrons. The Balaban J connectivity index is 2.04. The number of aliphatic carboxylic acids is 1. The highest BCUT2D eigenvalue weighted by Crippen LogP contribution is 2.21. The van der Waals surface area contributed by atoms with Gasteiger partial charge in [0.1, 0.15) is 17.9 Å². The van der Waals surface area contributed by atoms with Gasteiger partial charge in [-0.25, -0.2) is 0 Å². The fourth-order valence-electron chi connectivity index (χ4n) is 3.06. The molecule has 11 nitrogen and oxygen atoms in total. The van der Waals surface area contributed by atoms with Crippen molar-refractivity contribution in [1.29, 1.82) is 0 Å². The summed E-state index contributed by atoms with van der Waals surface area (Å²) in [7, 11) is 1.46. The van der Waals surface area contributed by atoms with E-state index < -0.39 is 28.3 Å². The topological polar surface area (TPSA) is 139 Å². The monoisotopic (exact) mass is 381 g/mol. The second-order valence-corrected chi connectivity index (χ2v) is 7.14. The summed E-state index contributed by atoms with van der Waals surface area (Å²) in [6.07, 6.45) is 3.34. The maximum Gasteiger partial charge on any atom is 0.308 e. The molecule has 0 bridgehead atoms. The Morgan fingerprint density at radius 2 is 2.11 bits per heavy atom. The second kappa shape index (κ2) is 7.72. The lowest BCUT2D eigenvalue weighted by molar-refractivity contribution is -0.385. The largest absolute Gasteiger partial charge is 0.481 e. The van der Waals surface area contributed by atoms with Crippen LogP contribution < -0.4 is 0 Å². The molecule has 0 aliphatic carbocycles. The molecule has 148 valence electrons. The number of carboxylic acids is 1. The summed E-state index contributed by atoms with van der Waals surface area (Å²) in [5, 5.41) is 23.8. The van der Waals surface area contributed by atoms with Crippen LogP contribution in [0.25, 0.3) is 0 Å². The minimum absolute atomic E-state index is 0.130. The summed E-state index contributed by atoms with van der Waals surface area (Å²) in [6.45, 7) is 3.48. The fraction of sp³-hybridized carbons (Fsp3) is 0.625. The molecule has 1 atom stereocenters. The van der Waals surface area contributed by atoms with Gasteiger partial charge in [0.2, 0.25) is 11.8 Å². The molecule has 1 aliphatic rings. The minimum atomic E-state index is -1.23. The van der Waals surface area contributed by atoms with Crippen molar-refractivity contribution >= 4 is 23.5 Å². The molecule has 2 amide bonds. The summed E-state index contributed by atoms with van der Waals surface area (Å²) < 4.78 is 1.19. The van der Waals surface area contributed by atoms with E-state index in [0.29, 0.717) is 19.4 Å². The first-order valence-electron chi connectivity index (χ1n) is 8.49. The molecule has 2 rings (SSSR count). The number of aromatic nitrogens is 2. The average molecular weight is 381 g/mol. The molecule has 0 saturated carbocycles. The third kappa shape index (κ3) is 4.41. The number of carbonyl (C=O) groups is 3. The number of nitro groups is 1. The first kappa shape index (κ1) is 20.3. The Kier molecular flexibility index (Phi) is 5.82. The van der Waals surface area contributed by atoms with Crippen LogP contribution in [-0.2, 0) is 19.9 Å². The van der Waals surface area contributed by atoms with Crippen LogP contribution in [0.4, 0.5) is 5.69 Å². The number of carbonyl (C=O) groups excluding carboxylic acids is 2. The van der Waals surface area contributed by atoms with Gasteiger partial charge in [-0.2, -0.15) is 5.10 Å². The predicted octanol–water partition coefficient (Wildman–Crippen LogP) is 0.308. The number of likely N-dealkylation sites (tertiary alicyclic amines) is 1. The molecule has 2 heterocycles. The van der Waals surface area contributed by atoms with Crippen molar-refractivity contribution < 1.29 is 24.4 Å². The lowest BCUT2D eigenvalue weighted by Crippen LogP contribution is -2.51. The number of hydrogen-bond acceptors (Lipinski definition) is 6. The van der Waals surface area contributed by atoms with Crippen LogP contribution in [0.5, 0.6) is 0 Å². The van der Waals surface area contributed by atoms with Crippen molar-refractivity contribution in [2.75, 3.05) is 26.7 Å². The minimum Gasteiger partial charge on any atom is -0.481 e. The van der Waals surface area contributed by atoms with E-state index in [1.165, 1.54) is 21.5 Å². The molecule has 1 aliphatic heterocycles. The number of hydrogen-bond donors (Lipinski definition) is 1. The van der Waals surface area contributed by atoms with Crippen LogP contribution in [0, 0.1) is 16.0 Å². The predicted molar refractivity (Wildman–Crippen MR) is 92.8 cm³/mol. The van der Waals surface area contributed by atoms with Crippen LogP contribution in [0.1, 0.15) is 26.7 Å². The van der Waals surface area contributed by atoms with E-state index >= 15 is 0 Å². The zero-order valence-electron chi connectivity index (χ0n) is 15.5. The standard InChI is InChI=1S/C16H23N5O6/c1-16(2,20-9-12(7-17-20)21(26)27)15(25)18(3)10-13(22)19-6-4-5-11(8-19)14(23)24/h7,9,11H,4-6,8,10H2,1-3H3,(H,23,24). The number of amides is 2. The van der Waals surface area contributed by atoms with Crippen LogP contribution in [0.15, 0.2) is 12.4 Å². The molecule has 1 aromatic heterocycles. The molecule has 27 heavy (non-hydrogen) atoms. The summed E-state index contributed by atoms with van der Waals surface area (Å²) in [4.78, 5) is 49.2. The Bertz CT molecular complexity index is 758. The zero-order chi connectivity index (χ0) is 20.4. The van der Waals surface area contributed by atoms with Crippen molar-refractivity contribution in [3.63, 3.8) is 0 Å². The van der Waals surface area contributed by atoms with Gasteiger partial charge in [0.05, 0.1) is 17.4 Å². The van der Waals surface area contributed by atoms with Gasteiger partial charge in [0.15, 0.2) is 0 Å². The van der Waals surface area contributed by atoms with E-state index in [1.54, 1.807) is 13.8 Å². The molecule has 1 aromatic rings. The Labute approximate surface area is 155 Å². The third-order valence-corrected chi connectivity index (χ3v) is 4.72. The normalized spacial score (nSPS) is 17.4. The van der Waals surface area contributed by atoms with E-state index in [0.717, 1.165) is 12.4 Å². The van der Waals surface area contributed by atoms with Gasteiger partial charge in [-0.15, -0.1) is 0 Å². The van der Waals surface area contributed by atoms with Crippen molar-refractivity contribution in [3.8, 4) is 0 Å². The number of likely N-dealkylation sites (N-methyl/N-ethyl adjacent to an activating group) is 1. The summed E-state index contributed by atoms with van der Waals surface area (Å²) in [5.41, 5.74) is -1.46. The Morgan fingerprint density at radius 1 is 1.44 bits per heavy atom. The zero-order valence-corrected chi connectivity index (χ0v) is 15.5. The number of rotatable bonds is 6. The highest BCUT2D eigenvalue weighted by Gasteiger charge is 2.36. The maximum atomic E-state index is 12.8. The highest BCUT2D eigenvalue weighted by molar-refractivity contribution is 5.88. The molecule has 0 spiro atoms. The van der Waals surface area contributed by atoms with Gasteiger partial charge < -0.3 is 14.9 Å². The summed E-state index contributed by atoms with van der Waals surface area (Å²) in [5.74, 6) is -2.30. The lowest BCUT2D eigenvalue weighted by Gasteiger charge is -2.33. The van der Waals surface area contributed by atoms with E-state index in [2.05, 4.69) is 5.10 Å². The molecule has 1 unspecified atom stereocenters. The van der Waals surface area contributed by atoms with E-state index in [9.17, 15) is 24.5 Å². The third-order valence-electron chi connectivity index (χ3n) is 4.72. The van der Waals surface area contributed by atoms with Gasteiger partial charge in [-0.3, -0.25) is 29.2 Å². The van der Waals surface area contributed by atoms with Crippen molar-refractivity contribution in [2.45, 2.75) is 32.2 Å². The summed E-state index contributed by atoms with van der Waals surface area (Å²) in [6, 6.07) is 0. The van der Waals surface area contributed by atoms with Crippen molar-refractivity contribution in [1.82, 2.24) is 19.6 Å². The van der Waals surface area contributed by atoms with E-state index in [4.69, 9.17) is 5.11 Å². The Morgan fingerprint density at radius 3 is 2.67 bits per heavy atom. The fourth-order valence-corrected chi connectivity index (χ4v) is 3.06. The molecular formula is C16H23N5O6. The van der Waals surface area contributed by atoms with Crippen LogP contribution in [-0.4, -0.2) is 74.1 Å². The average Bonchev–Trinajstić information content (AvgIpc) is 3.12. The first-order chi connectivity index (χ1) is 12.5. The van der Waals surface area contributed by atoms with Gasteiger partial charge in [-0.1, -0.05) is 0 Å². The molecule has 1 saturated heterocycles. The van der Waals surface area contributed by atoms with Crippen molar-refractivity contribution in [3.05, 3.63) is 22.5 Å². The second-order valence-electron chi connectivity index (χ2n) is 7.14. The SMILES string of the molecule is CN(CC(=O)N1CCCC(C(=O)O)C1)C(=O)C(C)(C)n1cc([N+](=O)[O-])cn1. The van der Waals surface area contributed by atoms with E-state index in [1.807, 2.05) is 0 Å². The lowest BCUT2D eigenvalue weighted by atomic mass is 9.98. The molecular weight excluding hydrogens is 358 g/mol. The van der Waals surface area contributed by atoms with Crippen LogP contribution in [0.3, 0.4) is 0 Å². The molecule has 11 heteroatoms. The van der Waals surface area contributed by atoms with Gasteiger partial charge in [0.25, 0.3) is 0 Å². The summed E-state index contributed by atoms with van der Waals surface area (Å²) >= 11 is 0. The van der Waals surface area contributed by atoms with Crippen LogP contribution in [0.2, 0.25) is 0 Å². The van der Waals surface area contributed by atoms with Gasteiger partial charge in [-0.05, 0) is 26.7 Å². The quantitative estimate of drug-likeness (QED) is 0.552. The number of nitrogens with zero attached hydrogens (tertiary/aromatic N) is 5. The Hall–Kier alpha value is -2.98. The number of carboxylic acid groups (broad SMARTS) is 1.